The van der Waals surface area contributed by atoms with Crippen LogP contribution in [0.1, 0.15) is 16.6 Å². The van der Waals surface area contributed by atoms with Crippen molar-refractivity contribution in [3.8, 4) is 11.8 Å². The van der Waals surface area contributed by atoms with E-state index in [9.17, 15) is 14.7 Å². The lowest BCUT2D eigenvalue weighted by molar-refractivity contribution is -0.136. The number of aliphatic hydroxyl groups is 1. The normalized spacial score (nSPS) is 13.9. The molecule has 2 heterocycles. The Hall–Kier alpha value is -4.09. The minimum absolute atomic E-state index is 0.0745. The van der Waals surface area contributed by atoms with Gasteiger partial charge in [0.1, 0.15) is 5.70 Å². The van der Waals surface area contributed by atoms with E-state index in [-0.39, 0.29) is 42.1 Å². The molecule has 3 aromatic rings. The van der Waals surface area contributed by atoms with Crippen molar-refractivity contribution >= 4 is 29.3 Å². The molecule has 0 saturated carbocycles. The fourth-order valence-electron chi connectivity index (χ4n) is 3.89. The van der Waals surface area contributed by atoms with Crippen LogP contribution in [0, 0.1) is 0 Å². The van der Waals surface area contributed by atoms with Crippen LogP contribution in [-0.2, 0) is 14.3 Å². The smallest absolute Gasteiger partial charge is 0.337 e. The number of hydrogen-bond acceptors (Lipinski definition) is 10. The van der Waals surface area contributed by atoms with Gasteiger partial charge in [0.2, 0.25) is 11.8 Å². The molecule has 0 radical (unpaired) electrons. The maximum atomic E-state index is 12.8. The molecular weight excluding hydrogens is 508 g/mol. The van der Waals surface area contributed by atoms with Crippen molar-refractivity contribution in [2.45, 2.75) is 10.1 Å². The summed E-state index contributed by atoms with van der Waals surface area (Å²) < 4.78 is 15.5. The first-order chi connectivity index (χ1) is 18.5. The summed E-state index contributed by atoms with van der Waals surface area (Å²) >= 11 is 1.55. The molecule has 0 saturated heterocycles. The van der Waals surface area contributed by atoms with Crippen LogP contribution in [0.4, 0.5) is 5.69 Å². The van der Waals surface area contributed by atoms with E-state index in [0.717, 1.165) is 10.5 Å². The lowest BCUT2D eigenvalue weighted by Gasteiger charge is -2.18. The Morgan fingerprint density at radius 2 is 1.71 bits per heavy atom. The van der Waals surface area contributed by atoms with E-state index in [1.54, 1.807) is 32.0 Å². The first-order valence-corrected chi connectivity index (χ1v) is 12.6. The SMILES string of the molecule is COC(=O)C1=C(Nc2ccc(SC(c3ccccc3)c3nc(OC)cc(OC)n3)cc2)C(=O)N(CCO)C1. The van der Waals surface area contributed by atoms with Crippen LogP contribution in [0.5, 0.6) is 11.8 Å². The monoisotopic (exact) mass is 536 g/mol. The van der Waals surface area contributed by atoms with Crippen LogP contribution >= 0.6 is 11.8 Å². The average molecular weight is 537 g/mol. The highest BCUT2D eigenvalue weighted by Crippen LogP contribution is 2.40. The summed E-state index contributed by atoms with van der Waals surface area (Å²) in [6.45, 7) is -0.00592. The van der Waals surface area contributed by atoms with E-state index in [1.807, 2.05) is 54.6 Å². The number of aliphatic hydroxyl groups excluding tert-OH is 1. The fourth-order valence-corrected chi connectivity index (χ4v) is 4.96. The summed E-state index contributed by atoms with van der Waals surface area (Å²) in [5.41, 5.74) is 1.99. The molecule has 1 unspecified atom stereocenters. The number of hydrogen-bond donors (Lipinski definition) is 2. The molecule has 198 valence electrons. The first-order valence-electron chi connectivity index (χ1n) is 11.7. The van der Waals surface area contributed by atoms with Gasteiger partial charge in [-0.25, -0.2) is 4.79 Å². The Morgan fingerprint density at radius 1 is 1.05 bits per heavy atom. The number of methoxy groups -OCH3 is 3. The Kier molecular flexibility index (Phi) is 8.82. The topological polar surface area (TPSA) is 123 Å². The number of β-amino-alcohol motifs (C(OH)–C–C–N with tert-alkyl or cyclic N) is 1. The second kappa shape index (κ2) is 12.4. The molecule has 38 heavy (non-hydrogen) atoms. The second-order valence-corrected chi connectivity index (χ2v) is 9.34. The number of amides is 1. The number of esters is 1. The molecule has 0 spiro atoms. The molecule has 10 nitrogen and oxygen atoms in total. The van der Waals surface area contributed by atoms with Crippen molar-refractivity contribution in [1.29, 1.82) is 0 Å². The first kappa shape index (κ1) is 27.0. The highest BCUT2D eigenvalue weighted by molar-refractivity contribution is 7.99. The summed E-state index contributed by atoms with van der Waals surface area (Å²) in [6.07, 6.45) is 0. The number of nitrogens with zero attached hydrogens (tertiary/aromatic N) is 3. The van der Waals surface area contributed by atoms with Crippen LogP contribution in [0.25, 0.3) is 0 Å². The molecule has 1 atom stereocenters. The van der Waals surface area contributed by atoms with Crippen LogP contribution in [0.3, 0.4) is 0 Å². The fraction of sp³-hybridized carbons (Fsp3) is 0.259. The van der Waals surface area contributed by atoms with Gasteiger partial charge >= 0.3 is 5.97 Å². The molecule has 2 aromatic carbocycles. The Balaban J connectivity index is 1.59. The van der Waals surface area contributed by atoms with E-state index in [2.05, 4.69) is 15.3 Å². The average Bonchev–Trinajstić information content (AvgIpc) is 3.26. The van der Waals surface area contributed by atoms with Crippen molar-refractivity contribution in [2.75, 3.05) is 46.3 Å². The molecule has 0 fully saturated rings. The van der Waals surface area contributed by atoms with E-state index in [4.69, 9.17) is 14.2 Å². The lowest BCUT2D eigenvalue weighted by Crippen LogP contribution is -2.31. The van der Waals surface area contributed by atoms with Crippen molar-refractivity contribution in [3.05, 3.63) is 83.3 Å². The minimum atomic E-state index is -0.590. The third-order valence-electron chi connectivity index (χ3n) is 5.78. The molecule has 1 aliphatic rings. The molecule has 11 heteroatoms. The summed E-state index contributed by atoms with van der Waals surface area (Å²) in [7, 11) is 4.35. The van der Waals surface area contributed by atoms with Crippen LogP contribution < -0.4 is 14.8 Å². The van der Waals surface area contributed by atoms with Gasteiger partial charge < -0.3 is 29.5 Å². The highest BCUT2D eigenvalue weighted by atomic mass is 32.2. The molecule has 0 aliphatic carbocycles. The summed E-state index contributed by atoms with van der Waals surface area (Å²) in [4.78, 5) is 36.5. The van der Waals surface area contributed by atoms with E-state index in [1.165, 1.54) is 12.0 Å². The van der Waals surface area contributed by atoms with Gasteiger partial charge in [-0.2, -0.15) is 9.97 Å². The van der Waals surface area contributed by atoms with Gasteiger partial charge in [-0.15, -0.1) is 11.8 Å². The highest BCUT2D eigenvalue weighted by Gasteiger charge is 2.34. The zero-order valence-electron chi connectivity index (χ0n) is 21.2. The summed E-state index contributed by atoms with van der Waals surface area (Å²) in [6, 6.07) is 19.0. The van der Waals surface area contributed by atoms with Gasteiger partial charge in [0, 0.05) is 17.1 Å². The summed E-state index contributed by atoms with van der Waals surface area (Å²) in [5, 5.41) is 12.1. The van der Waals surface area contributed by atoms with Crippen LogP contribution in [0.15, 0.2) is 76.8 Å². The molecule has 1 aromatic heterocycles. The van der Waals surface area contributed by atoms with E-state index >= 15 is 0 Å². The molecule has 1 aliphatic heterocycles. The van der Waals surface area contributed by atoms with Crippen LogP contribution in [0.2, 0.25) is 0 Å². The summed E-state index contributed by atoms with van der Waals surface area (Å²) in [5.74, 6) is 0.380. The van der Waals surface area contributed by atoms with Crippen molar-refractivity contribution in [2.24, 2.45) is 0 Å². The number of thioether (sulfide) groups is 1. The van der Waals surface area contributed by atoms with Crippen molar-refractivity contribution in [1.82, 2.24) is 14.9 Å². The third-order valence-corrected chi connectivity index (χ3v) is 7.05. The number of aromatic nitrogens is 2. The minimum Gasteiger partial charge on any atom is -0.481 e. The lowest BCUT2D eigenvalue weighted by atomic mass is 10.1. The second-order valence-electron chi connectivity index (χ2n) is 8.16. The maximum absolute atomic E-state index is 12.8. The molecule has 0 bridgehead atoms. The number of benzene rings is 2. The van der Waals surface area contributed by atoms with Gasteiger partial charge in [0.25, 0.3) is 5.91 Å². The standard InChI is InChI=1S/C27H28N4O6S/c1-35-21-15-22(36-2)30-25(29-21)24(17-7-5-4-6-8-17)38-19-11-9-18(10-12-19)28-23-20(27(34)37-3)16-31(13-14-32)26(23)33/h4-12,15,24,28,32H,13-14,16H2,1-3H3. The molecule has 1 amide bonds. The molecular formula is C27H28N4O6S. The third kappa shape index (κ3) is 6.06. The number of anilines is 1. The zero-order valence-corrected chi connectivity index (χ0v) is 22.0. The predicted molar refractivity (Wildman–Crippen MR) is 142 cm³/mol. The number of rotatable bonds is 11. The molecule has 2 N–H and O–H groups in total. The Morgan fingerprint density at radius 3 is 2.29 bits per heavy atom. The Labute approximate surface area is 224 Å². The van der Waals surface area contributed by atoms with Crippen LogP contribution in [-0.4, -0.2) is 72.9 Å². The quantitative estimate of drug-likeness (QED) is 0.279. The van der Waals surface area contributed by atoms with E-state index < -0.39 is 5.97 Å². The van der Waals surface area contributed by atoms with Gasteiger partial charge in [-0.3, -0.25) is 4.79 Å². The van der Waals surface area contributed by atoms with E-state index in [0.29, 0.717) is 23.3 Å². The van der Waals surface area contributed by atoms with Gasteiger partial charge in [-0.1, -0.05) is 30.3 Å². The van der Waals surface area contributed by atoms with Gasteiger partial charge in [0.15, 0.2) is 5.82 Å². The van der Waals surface area contributed by atoms with Crippen molar-refractivity contribution in [3.63, 3.8) is 0 Å². The van der Waals surface area contributed by atoms with Gasteiger partial charge in [-0.05, 0) is 29.8 Å². The van der Waals surface area contributed by atoms with Gasteiger partial charge in [0.05, 0.1) is 51.4 Å². The number of carbonyl (C=O) groups is 2. The zero-order chi connectivity index (χ0) is 27.1. The number of carbonyl (C=O) groups excluding carboxylic acids is 2. The molecule has 4 rings (SSSR count). The number of nitrogens with one attached hydrogen (secondary N) is 1. The number of ether oxygens (including phenoxy) is 3. The predicted octanol–water partition coefficient (Wildman–Crippen LogP) is 3.05. The largest absolute Gasteiger partial charge is 0.481 e. The Bertz CT molecular complexity index is 1290. The maximum Gasteiger partial charge on any atom is 0.337 e. The van der Waals surface area contributed by atoms with Crippen molar-refractivity contribution < 1.29 is 28.9 Å².